The Morgan fingerprint density at radius 2 is 2.06 bits per heavy atom. The summed E-state index contributed by atoms with van der Waals surface area (Å²) in [6.07, 6.45) is 6.39. The van der Waals surface area contributed by atoms with E-state index >= 15 is 0 Å². The molecule has 0 saturated carbocycles. The summed E-state index contributed by atoms with van der Waals surface area (Å²) >= 11 is 1.64. The molecule has 1 aliphatic rings. The van der Waals surface area contributed by atoms with Crippen molar-refractivity contribution in [3.8, 4) is 0 Å². The minimum atomic E-state index is -0.513. The molecule has 2 aromatic heterocycles. The van der Waals surface area contributed by atoms with E-state index in [9.17, 15) is 14.9 Å². The molecule has 0 bridgehead atoms. The lowest BCUT2D eigenvalue weighted by Gasteiger charge is -2.28. The van der Waals surface area contributed by atoms with E-state index in [-0.39, 0.29) is 17.2 Å². The Morgan fingerprint density at radius 1 is 1.24 bits per heavy atom. The first-order valence-electron chi connectivity index (χ1n) is 11.2. The fourth-order valence-electron chi connectivity index (χ4n) is 3.83. The van der Waals surface area contributed by atoms with Gasteiger partial charge in [-0.25, -0.2) is 14.6 Å². The fraction of sp³-hybridized carbons (Fsp3) is 0.455. The highest BCUT2D eigenvalue weighted by Crippen LogP contribution is 2.29. The third kappa shape index (κ3) is 5.41. The van der Waals surface area contributed by atoms with E-state index in [2.05, 4.69) is 22.2 Å². The molecule has 174 valence electrons. The number of piperidine rings is 1. The molecular formula is C22H27N7O3S. The smallest absolute Gasteiger partial charge is 0.270 e. The standard InChI is InChI=1S/C22H27N7O3S/c1-2-13-33-22-25-19(27-10-4-3-5-11-27)18-15-24-28(20(18)26-22)12-9-23-21(30)16-7-6-8-17(14-16)29(31)32/h6-8,14-15H,2-5,9-13H2,1H3,(H,23,30). The third-order valence-electron chi connectivity index (χ3n) is 5.47. The number of amides is 1. The summed E-state index contributed by atoms with van der Waals surface area (Å²) in [5, 5.41) is 19.9. The molecule has 1 fully saturated rings. The van der Waals surface area contributed by atoms with Gasteiger partial charge in [0.1, 0.15) is 5.82 Å². The maximum Gasteiger partial charge on any atom is 0.270 e. The maximum atomic E-state index is 12.4. The minimum Gasteiger partial charge on any atom is -0.356 e. The first-order chi connectivity index (χ1) is 16.1. The van der Waals surface area contributed by atoms with Crippen LogP contribution in [0.2, 0.25) is 0 Å². The minimum absolute atomic E-state index is 0.111. The number of nitro groups is 1. The van der Waals surface area contributed by atoms with Crippen molar-refractivity contribution in [1.82, 2.24) is 25.1 Å². The Morgan fingerprint density at radius 3 is 2.82 bits per heavy atom. The van der Waals surface area contributed by atoms with Crippen LogP contribution in [0.25, 0.3) is 11.0 Å². The first-order valence-corrected chi connectivity index (χ1v) is 12.2. The van der Waals surface area contributed by atoms with Crippen LogP contribution in [0.5, 0.6) is 0 Å². The number of nitrogens with one attached hydrogen (secondary N) is 1. The van der Waals surface area contributed by atoms with Crippen molar-refractivity contribution in [2.75, 3.05) is 30.3 Å². The molecule has 0 unspecified atom stereocenters. The van der Waals surface area contributed by atoms with Crippen molar-refractivity contribution in [2.45, 2.75) is 44.3 Å². The molecule has 3 heterocycles. The van der Waals surface area contributed by atoms with Crippen LogP contribution in [0.15, 0.2) is 35.6 Å². The Bertz CT molecular complexity index is 1140. The number of thioether (sulfide) groups is 1. The van der Waals surface area contributed by atoms with Crippen LogP contribution in [0.3, 0.4) is 0 Å². The lowest BCUT2D eigenvalue weighted by Crippen LogP contribution is -2.30. The van der Waals surface area contributed by atoms with E-state index < -0.39 is 4.92 Å². The number of non-ortho nitro benzene ring substituents is 1. The molecule has 0 radical (unpaired) electrons. The quantitative estimate of drug-likeness (QED) is 0.218. The van der Waals surface area contributed by atoms with Crippen LogP contribution in [0.4, 0.5) is 11.5 Å². The number of benzene rings is 1. The van der Waals surface area contributed by atoms with Gasteiger partial charge in [-0.15, -0.1) is 0 Å². The molecule has 3 aromatic rings. The number of carbonyl (C=O) groups is 1. The summed E-state index contributed by atoms with van der Waals surface area (Å²) in [6, 6.07) is 5.69. The largest absolute Gasteiger partial charge is 0.356 e. The van der Waals surface area contributed by atoms with E-state index in [0.717, 1.165) is 60.1 Å². The number of hydrogen-bond acceptors (Lipinski definition) is 8. The molecule has 1 N–H and O–H groups in total. The normalized spacial score (nSPS) is 13.9. The highest BCUT2D eigenvalue weighted by atomic mass is 32.2. The zero-order chi connectivity index (χ0) is 23.2. The van der Waals surface area contributed by atoms with Gasteiger partial charge in [-0.05, 0) is 31.7 Å². The lowest BCUT2D eigenvalue weighted by atomic mass is 10.1. The second-order valence-corrected chi connectivity index (χ2v) is 8.96. The summed E-state index contributed by atoms with van der Waals surface area (Å²) in [4.78, 5) is 34.8. The van der Waals surface area contributed by atoms with Crippen molar-refractivity contribution in [1.29, 1.82) is 0 Å². The summed E-state index contributed by atoms with van der Waals surface area (Å²) in [5.74, 6) is 1.52. The van der Waals surface area contributed by atoms with E-state index in [4.69, 9.17) is 9.97 Å². The Kier molecular flexibility index (Phi) is 7.38. The molecule has 4 rings (SSSR count). The predicted molar refractivity (Wildman–Crippen MR) is 128 cm³/mol. The monoisotopic (exact) mass is 469 g/mol. The van der Waals surface area contributed by atoms with Crippen LogP contribution >= 0.6 is 11.8 Å². The maximum absolute atomic E-state index is 12.4. The van der Waals surface area contributed by atoms with Gasteiger partial charge in [0.2, 0.25) is 0 Å². The fourth-order valence-corrected chi connectivity index (χ4v) is 4.52. The third-order valence-corrected chi connectivity index (χ3v) is 6.53. The predicted octanol–water partition coefficient (Wildman–Crippen LogP) is 3.66. The van der Waals surface area contributed by atoms with Gasteiger partial charge in [-0.3, -0.25) is 14.9 Å². The van der Waals surface area contributed by atoms with Gasteiger partial charge in [-0.1, -0.05) is 24.8 Å². The molecule has 1 aliphatic heterocycles. The Labute approximate surface area is 195 Å². The number of aromatic nitrogens is 4. The molecule has 1 aromatic carbocycles. The topological polar surface area (TPSA) is 119 Å². The second-order valence-electron chi connectivity index (χ2n) is 7.89. The van der Waals surface area contributed by atoms with Gasteiger partial charge >= 0.3 is 0 Å². The van der Waals surface area contributed by atoms with Crippen LogP contribution in [0, 0.1) is 10.1 Å². The van der Waals surface area contributed by atoms with Gasteiger partial charge in [0.25, 0.3) is 11.6 Å². The van der Waals surface area contributed by atoms with Crippen LogP contribution in [-0.2, 0) is 6.54 Å². The molecule has 1 saturated heterocycles. The average Bonchev–Trinajstić information content (AvgIpc) is 3.25. The Balaban J connectivity index is 1.51. The van der Waals surface area contributed by atoms with Crippen molar-refractivity contribution in [3.05, 3.63) is 46.1 Å². The number of anilines is 1. The SMILES string of the molecule is CCCSc1nc(N2CCCCC2)c2cnn(CCNC(=O)c3cccc([N+](=O)[O-])c3)c2n1. The molecule has 33 heavy (non-hydrogen) atoms. The van der Waals surface area contributed by atoms with Crippen molar-refractivity contribution in [2.24, 2.45) is 0 Å². The van der Waals surface area contributed by atoms with Crippen molar-refractivity contribution < 1.29 is 9.72 Å². The van der Waals surface area contributed by atoms with E-state index in [1.165, 1.54) is 24.6 Å². The van der Waals surface area contributed by atoms with E-state index in [1.807, 2.05) is 0 Å². The van der Waals surface area contributed by atoms with Gasteiger partial charge in [-0.2, -0.15) is 5.10 Å². The van der Waals surface area contributed by atoms with E-state index in [1.54, 1.807) is 28.7 Å². The molecule has 0 spiro atoms. The summed E-state index contributed by atoms with van der Waals surface area (Å²) in [5.41, 5.74) is 0.899. The average molecular weight is 470 g/mol. The number of carbonyl (C=O) groups excluding carboxylic acids is 1. The van der Waals surface area contributed by atoms with Crippen molar-refractivity contribution in [3.63, 3.8) is 0 Å². The van der Waals surface area contributed by atoms with Gasteiger partial charge in [0, 0.05) is 43.1 Å². The molecule has 0 aliphatic carbocycles. The van der Waals surface area contributed by atoms with Gasteiger partial charge in [0.15, 0.2) is 10.8 Å². The van der Waals surface area contributed by atoms with Gasteiger partial charge < -0.3 is 10.2 Å². The number of hydrogen-bond donors (Lipinski definition) is 1. The van der Waals surface area contributed by atoms with E-state index in [0.29, 0.717) is 13.1 Å². The zero-order valence-corrected chi connectivity index (χ0v) is 19.4. The molecule has 1 amide bonds. The molecule has 11 heteroatoms. The summed E-state index contributed by atoms with van der Waals surface area (Å²) in [6.45, 7) is 4.84. The van der Waals surface area contributed by atoms with Crippen LogP contribution < -0.4 is 10.2 Å². The number of nitrogens with zero attached hydrogens (tertiary/aromatic N) is 6. The number of fused-ring (bicyclic) bond motifs is 1. The number of nitro benzene ring substituents is 1. The Hall–Kier alpha value is -3.21. The summed E-state index contributed by atoms with van der Waals surface area (Å²) in [7, 11) is 0. The molecule has 10 nitrogen and oxygen atoms in total. The highest BCUT2D eigenvalue weighted by molar-refractivity contribution is 7.99. The lowest BCUT2D eigenvalue weighted by molar-refractivity contribution is -0.384. The van der Waals surface area contributed by atoms with Crippen LogP contribution in [0.1, 0.15) is 43.0 Å². The van der Waals surface area contributed by atoms with Crippen LogP contribution in [-0.4, -0.2) is 56.0 Å². The second kappa shape index (κ2) is 10.6. The highest BCUT2D eigenvalue weighted by Gasteiger charge is 2.20. The van der Waals surface area contributed by atoms with Gasteiger partial charge in [0.05, 0.1) is 23.1 Å². The summed E-state index contributed by atoms with van der Waals surface area (Å²) < 4.78 is 1.79. The number of rotatable bonds is 9. The first kappa shape index (κ1) is 23.0. The van der Waals surface area contributed by atoms with Crippen molar-refractivity contribution >= 4 is 40.2 Å². The molecular weight excluding hydrogens is 442 g/mol. The molecule has 0 atom stereocenters. The zero-order valence-electron chi connectivity index (χ0n) is 18.6.